The molecular weight excluding hydrogens is 339 g/mol. The molecule has 0 saturated heterocycles. The first-order valence-corrected chi connectivity index (χ1v) is 7.11. The van der Waals surface area contributed by atoms with E-state index in [4.69, 9.17) is 10.5 Å². The maximum absolute atomic E-state index is 13.2. The molecule has 0 fully saturated rings. The zero-order valence-electron chi connectivity index (χ0n) is 11.3. The lowest BCUT2D eigenvalue weighted by Crippen LogP contribution is -2.22. The molecule has 0 atom stereocenters. The van der Waals surface area contributed by atoms with Crippen LogP contribution < -0.4 is 15.8 Å². The van der Waals surface area contributed by atoms with Crippen molar-refractivity contribution in [2.24, 2.45) is 0 Å². The number of nitrogen functional groups attached to an aromatic ring is 1. The highest BCUT2D eigenvalue weighted by atomic mass is 79.9. The number of carbonyl (C=O) groups excluding carboxylic acids is 1. The first-order chi connectivity index (χ1) is 10.0. The van der Waals surface area contributed by atoms with Crippen LogP contribution >= 0.6 is 15.9 Å². The summed E-state index contributed by atoms with van der Waals surface area (Å²) in [5.41, 5.74) is 6.68. The summed E-state index contributed by atoms with van der Waals surface area (Å²) in [4.78, 5) is 11.8. The lowest BCUT2D eigenvalue weighted by atomic mass is 10.1. The number of hydrogen-bond donors (Lipinski definition) is 2. The number of ether oxygens (including phenoxy) is 1. The molecule has 0 aliphatic heterocycles. The molecule has 0 unspecified atom stereocenters. The third-order valence-electron chi connectivity index (χ3n) is 2.73. The molecule has 0 bridgehead atoms. The van der Waals surface area contributed by atoms with E-state index in [1.807, 2.05) is 6.92 Å². The Bertz CT molecular complexity index is 677. The summed E-state index contributed by atoms with van der Waals surface area (Å²) in [5.74, 6) is 0.175. The second kappa shape index (κ2) is 6.58. The van der Waals surface area contributed by atoms with Gasteiger partial charge in [0.2, 0.25) is 0 Å². The number of carbonyl (C=O) groups is 1. The van der Waals surface area contributed by atoms with Gasteiger partial charge in [0.1, 0.15) is 11.6 Å². The summed E-state index contributed by atoms with van der Waals surface area (Å²) in [5, 5.41) is 2.70. The lowest BCUT2D eigenvalue weighted by Gasteiger charge is -2.11. The van der Waals surface area contributed by atoms with Gasteiger partial charge in [0.15, 0.2) is 5.75 Å². The number of rotatable bonds is 4. The van der Waals surface area contributed by atoms with Gasteiger partial charge in [-0.15, -0.1) is 0 Å². The van der Waals surface area contributed by atoms with E-state index in [1.165, 1.54) is 18.2 Å². The van der Waals surface area contributed by atoms with E-state index in [0.717, 1.165) is 0 Å². The van der Waals surface area contributed by atoms with E-state index in [-0.39, 0.29) is 11.7 Å². The molecule has 0 saturated carbocycles. The third-order valence-corrected chi connectivity index (χ3v) is 3.34. The summed E-state index contributed by atoms with van der Waals surface area (Å²) in [6.07, 6.45) is 0. The van der Waals surface area contributed by atoms with Gasteiger partial charge in [-0.2, -0.15) is 0 Å². The summed E-state index contributed by atoms with van der Waals surface area (Å²) in [6.45, 7) is 2.37. The van der Waals surface area contributed by atoms with Crippen LogP contribution in [0, 0.1) is 5.82 Å². The fourth-order valence-corrected chi connectivity index (χ4v) is 2.05. The van der Waals surface area contributed by atoms with Crippen LogP contribution in [0.5, 0.6) is 11.5 Å². The molecule has 0 aromatic heterocycles. The number of benzene rings is 2. The van der Waals surface area contributed by atoms with Crippen molar-refractivity contribution in [3.63, 3.8) is 0 Å². The van der Waals surface area contributed by atoms with Gasteiger partial charge in [-0.3, -0.25) is 4.79 Å². The van der Waals surface area contributed by atoms with Gasteiger partial charge < -0.3 is 15.8 Å². The Hall–Kier alpha value is -2.08. The largest absolute Gasteiger partial charge is 0.455 e. The number of nitrogens with one attached hydrogen (secondary N) is 1. The first kappa shape index (κ1) is 15.3. The normalized spacial score (nSPS) is 10.2. The zero-order valence-corrected chi connectivity index (χ0v) is 12.9. The molecule has 0 heterocycles. The van der Waals surface area contributed by atoms with Crippen LogP contribution in [-0.2, 0) is 0 Å². The average Bonchev–Trinajstić information content (AvgIpc) is 2.45. The van der Waals surface area contributed by atoms with Crippen molar-refractivity contribution in [1.82, 2.24) is 5.32 Å². The molecule has 4 nitrogen and oxygen atoms in total. The van der Waals surface area contributed by atoms with Gasteiger partial charge >= 0.3 is 0 Å². The Labute approximate surface area is 130 Å². The van der Waals surface area contributed by atoms with Crippen molar-refractivity contribution in [3.05, 3.63) is 52.3 Å². The monoisotopic (exact) mass is 352 g/mol. The van der Waals surface area contributed by atoms with Crippen LogP contribution in [-0.4, -0.2) is 12.5 Å². The van der Waals surface area contributed by atoms with E-state index in [2.05, 4.69) is 21.2 Å². The highest BCUT2D eigenvalue weighted by Crippen LogP contribution is 2.30. The number of anilines is 1. The molecule has 3 N–H and O–H groups in total. The van der Waals surface area contributed by atoms with E-state index < -0.39 is 0 Å². The minimum Gasteiger partial charge on any atom is -0.455 e. The van der Waals surface area contributed by atoms with Crippen molar-refractivity contribution in [3.8, 4) is 11.5 Å². The van der Waals surface area contributed by atoms with Crippen molar-refractivity contribution < 1.29 is 13.9 Å². The third kappa shape index (κ3) is 3.72. The summed E-state index contributed by atoms with van der Waals surface area (Å²) >= 11 is 3.09. The highest BCUT2D eigenvalue weighted by molar-refractivity contribution is 9.10. The molecule has 6 heteroatoms. The number of hydrogen-bond acceptors (Lipinski definition) is 3. The molecule has 21 heavy (non-hydrogen) atoms. The van der Waals surface area contributed by atoms with Crippen LogP contribution in [0.1, 0.15) is 17.3 Å². The topological polar surface area (TPSA) is 64.4 Å². The number of halogens is 2. The summed E-state index contributed by atoms with van der Waals surface area (Å²) in [6, 6.07) is 9.03. The quantitative estimate of drug-likeness (QED) is 0.824. The van der Waals surface area contributed by atoms with E-state index in [9.17, 15) is 9.18 Å². The van der Waals surface area contributed by atoms with Crippen molar-refractivity contribution in [2.45, 2.75) is 6.92 Å². The Morgan fingerprint density at radius 2 is 2.10 bits per heavy atom. The van der Waals surface area contributed by atoms with E-state index in [1.54, 1.807) is 18.2 Å². The Balaban J connectivity index is 2.28. The Morgan fingerprint density at radius 1 is 1.33 bits per heavy atom. The summed E-state index contributed by atoms with van der Waals surface area (Å²) in [7, 11) is 0. The van der Waals surface area contributed by atoms with Crippen LogP contribution in [0.15, 0.2) is 40.9 Å². The second-order valence-corrected chi connectivity index (χ2v) is 5.14. The molecule has 2 aromatic rings. The van der Waals surface area contributed by atoms with Crippen LogP contribution in [0.3, 0.4) is 0 Å². The standard InChI is InChI=1S/C15H14BrFN2O2/c1-2-19-15(20)9-3-6-13(18)14(7-9)21-10-4-5-12(17)11(16)8-10/h3-8H,2,18H2,1H3,(H,19,20). The SMILES string of the molecule is CCNC(=O)c1ccc(N)c(Oc2ccc(F)c(Br)c2)c1. The van der Waals surface area contributed by atoms with Gasteiger partial charge in [-0.1, -0.05) is 0 Å². The van der Waals surface area contributed by atoms with Crippen molar-refractivity contribution in [2.75, 3.05) is 12.3 Å². The second-order valence-electron chi connectivity index (χ2n) is 4.29. The maximum Gasteiger partial charge on any atom is 0.251 e. The lowest BCUT2D eigenvalue weighted by molar-refractivity contribution is 0.0955. The fraction of sp³-hybridized carbons (Fsp3) is 0.133. The predicted octanol–water partition coefficient (Wildman–Crippen LogP) is 3.71. The molecule has 0 spiro atoms. The maximum atomic E-state index is 13.2. The smallest absolute Gasteiger partial charge is 0.251 e. The molecule has 2 aromatic carbocycles. The molecule has 2 rings (SSSR count). The molecule has 110 valence electrons. The zero-order chi connectivity index (χ0) is 15.4. The molecule has 0 aliphatic carbocycles. The summed E-state index contributed by atoms with van der Waals surface area (Å²) < 4.78 is 19.1. The minimum absolute atomic E-state index is 0.206. The minimum atomic E-state index is -0.383. The molecule has 0 aliphatic rings. The Kier molecular flexibility index (Phi) is 4.80. The van der Waals surface area contributed by atoms with Crippen LogP contribution in [0.25, 0.3) is 0 Å². The number of nitrogens with two attached hydrogens (primary N) is 1. The Morgan fingerprint density at radius 3 is 2.76 bits per heavy atom. The van der Waals surface area contributed by atoms with E-state index in [0.29, 0.717) is 33.8 Å². The van der Waals surface area contributed by atoms with Crippen molar-refractivity contribution >= 4 is 27.5 Å². The van der Waals surface area contributed by atoms with Crippen LogP contribution in [0.2, 0.25) is 0 Å². The van der Waals surface area contributed by atoms with Crippen LogP contribution in [0.4, 0.5) is 10.1 Å². The molecule has 1 amide bonds. The van der Waals surface area contributed by atoms with Gasteiger partial charge in [-0.25, -0.2) is 4.39 Å². The fourth-order valence-electron chi connectivity index (χ4n) is 1.69. The van der Waals surface area contributed by atoms with Crippen molar-refractivity contribution in [1.29, 1.82) is 0 Å². The molecule has 0 radical (unpaired) electrons. The van der Waals surface area contributed by atoms with Gasteiger partial charge in [0.25, 0.3) is 5.91 Å². The highest BCUT2D eigenvalue weighted by Gasteiger charge is 2.10. The predicted molar refractivity (Wildman–Crippen MR) is 83.0 cm³/mol. The first-order valence-electron chi connectivity index (χ1n) is 6.32. The van der Waals surface area contributed by atoms with Gasteiger partial charge in [0, 0.05) is 12.1 Å². The molecular formula is C15H14BrFN2O2. The van der Waals surface area contributed by atoms with Gasteiger partial charge in [-0.05, 0) is 59.3 Å². The number of amides is 1. The average molecular weight is 353 g/mol. The van der Waals surface area contributed by atoms with Gasteiger partial charge in [0.05, 0.1) is 10.2 Å². The van der Waals surface area contributed by atoms with E-state index >= 15 is 0 Å².